The molecule has 0 atom stereocenters. The molecule has 0 unspecified atom stereocenters. The maximum Gasteiger partial charge on any atom is 0.179 e. The number of allylic oxidation sites excluding steroid dienone is 1. The van der Waals surface area contributed by atoms with Gasteiger partial charge in [-0.25, -0.2) is 0 Å². The summed E-state index contributed by atoms with van der Waals surface area (Å²) in [6, 6.07) is 11.2. The van der Waals surface area contributed by atoms with Gasteiger partial charge in [-0.2, -0.15) is 0 Å². The first kappa shape index (κ1) is 19.1. The van der Waals surface area contributed by atoms with Gasteiger partial charge in [0.05, 0.1) is 12.1 Å². The van der Waals surface area contributed by atoms with E-state index >= 15 is 0 Å². The zero-order chi connectivity index (χ0) is 18.2. The van der Waals surface area contributed by atoms with Crippen LogP contribution in [0.1, 0.15) is 11.1 Å². The minimum Gasteiger partial charge on any atom is -0.493 e. The van der Waals surface area contributed by atoms with E-state index in [0.29, 0.717) is 35.3 Å². The average molecular weight is 378 g/mol. The summed E-state index contributed by atoms with van der Waals surface area (Å²) in [6.45, 7) is 4.43. The molecule has 0 bridgehead atoms. The number of nitrogens with two attached hydrogens (primary N) is 1. The Labute approximate surface area is 158 Å². The van der Waals surface area contributed by atoms with Crippen molar-refractivity contribution in [2.45, 2.75) is 6.42 Å². The minimum absolute atomic E-state index is 0.244. The van der Waals surface area contributed by atoms with Crippen molar-refractivity contribution in [1.29, 1.82) is 0 Å². The molecule has 0 aromatic heterocycles. The van der Waals surface area contributed by atoms with E-state index in [-0.39, 0.29) is 4.99 Å². The lowest BCUT2D eigenvalue weighted by molar-refractivity contribution is 0.210. The van der Waals surface area contributed by atoms with E-state index in [9.17, 15) is 0 Å². The summed E-state index contributed by atoms with van der Waals surface area (Å²) in [5.41, 5.74) is 7.33. The zero-order valence-electron chi connectivity index (χ0n) is 14.0. The molecular formula is C19H20ClNO3S. The molecule has 0 amide bonds. The highest BCUT2D eigenvalue weighted by Gasteiger charge is 2.13. The molecule has 0 saturated carbocycles. The van der Waals surface area contributed by atoms with Gasteiger partial charge in [-0.05, 0) is 30.2 Å². The van der Waals surface area contributed by atoms with E-state index in [2.05, 4.69) is 6.58 Å². The molecule has 25 heavy (non-hydrogen) atoms. The minimum atomic E-state index is 0.244. The van der Waals surface area contributed by atoms with Gasteiger partial charge >= 0.3 is 0 Å². The molecular weight excluding hydrogens is 358 g/mol. The number of para-hydroxylation sites is 1. The summed E-state index contributed by atoms with van der Waals surface area (Å²) < 4.78 is 16.8. The molecule has 6 heteroatoms. The molecule has 4 nitrogen and oxygen atoms in total. The molecule has 132 valence electrons. The fourth-order valence-corrected chi connectivity index (χ4v) is 2.65. The van der Waals surface area contributed by atoms with Crippen LogP contribution in [0.25, 0.3) is 0 Å². The van der Waals surface area contributed by atoms with Crippen molar-refractivity contribution < 1.29 is 14.2 Å². The predicted octanol–water partition coefficient (Wildman–Crippen LogP) is 4.17. The number of hydrogen-bond acceptors (Lipinski definition) is 4. The zero-order valence-corrected chi connectivity index (χ0v) is 15.5. The number of methoxy groups -OCH3 is 1. The third kappa shape index (κ3) is 5.11. The lowest BCUT2D eigenvalue weighted by Gasteiger charge is -2.15. The average Bonchev–Trinajstić information content (AvgIpc) is 2.60. The second-order valence-corrected chi connectivity index (χ2v) is 6.00. The fourth-order valence-electron chi connectivity index (χ4n) is 2.27. The van der Waals surface area contributed by atoms with Crippen molar-refractivity contribution in [2.24, 2.45) is 5.73 Å². The van der Waals surface area contributed by atoms with Gasteiger partial charge in [0.2, 0.25) is 0 Å². The molecule has 0 aliphatic heterocycles. The van der Waals surface area contributed by atoms with Crippen LogP contribution in [0.3, 0.4) is 0 Å². The SMILES string of the molecule is C=CCc1ccccc1OCCOc1c(Cl)cc(C(N)=S)cc1OC. The van der Waals surface area contributed by atoms with E-state index in [1.807, 2.05) is 30.3 Å². The predicted molar refractivity (Wildman–Crippen MR) is 105 cm³/mol. The normalized spacial score (nSPS) is 10.2. The van der Waals surface area contributed by atoms with Crippen molar-refractivity contribution in [2.75, 3.05) is 20.3 Å². The molecule has 2 aromatic carbocycles. The highest BCUT2D eigenvalue weighted by atomic mass is 35.5. The summed E-state index contributed by atoms with van der Waals surface area (Å²) in [7, 11) is 1.53. The van der Waals surface area contributed by atoms with E-state index in [4.69, 9.17) is 43.8 Å². The molecule has 0 spiro atoms. The van der Waals surface area contributed by atoms with Crippen LogP contribution < -0.4 is 19.9 Å². The van der Waals surface area contributed by atoms with Crippen LogP contribution in [0.15, 0.2) is 49.1 Å². The van der Waals surface area contributed by atoms with Crippen molar-refractivity contribution in [3.05, 3.63) is 65.2 Å². The maximum atomic E-state index is 6.25. The second-order valence-electron chi connectivity index (χ2n) is 5.15. The number of hydrogen-bond donors (Lipinski definition) is 1. The lowest BCUT2D eigenvalue weighted by Crippen LogP contribution is -2.12. The maximum absolute atomic E-state index is 6.25. The van der Waals surface area contributed by atoms with E-state index < -0.39 is 0 Å². The quantitative estimate of drug-likeness (QED) is 0.404. The molecule has 0 radical (unpaired) electrons. The standard InChI is InChI=1S/C19H20ClNO3S/c1-3-6-13-7-4-5-8-16(13)23-9-10-24-18-15(20)11-14(19(21)25)12-17(18)22-2/h3-5,7-8,11-12H,1,6,9-10H2,2H3,(H2,21,25). The second kappa shape index (κ2) is 9.30. The lowest BCUT2D eigenvalue weighted by atomic mass is 10.1. The van der Waals surface area contributed by atoms with Gasteiger partial charge in [-0.3, -0.25) is 0 Å². The molecule has 0 heterocycles. The van der Waals surface area contributed by atoms with Gasteiger partial charge in [0.1, 0.15) is 24.0 Å². The number of thiocarbonyl (C=S) groups is 1. The Hall–Kier alpha value is -2.24. The van der Waals surface area contributed by atoms with Crippen LogP contribution in [-0.2, 0) is 6.42 Å². The Morgan fingerprint density at radius 1 is 1.20 bits per heavy atom. The topological polar surface area (TPSA) is 53.7 Å². The van der Waals surface area contributed by atoms with Gasteiger partial charge in [0, 0.05) is 5.56 Å². The van der Waals surface area contributed by atoms with Crippen molar-refractivity contribution in [3.63, 3.8) is 0 Å². The largest absolute Gasteiger partial charge is 0.493 e. The van der Waals surface area contributed by atoms with Gasteiger partial charge in [-0.1, -0.05) is 48.1 Å². The van der Waals surface area contributed by atoms with Crippen molar-refractivity contribution in [3.8, 4) is 17.2 Å². The van der Waals surface area contributed by atoms with Crippen LogP contribution in [0.5, 0.6) is 17.2 Å². The Balaban J connectivity index is 2.00. The first-order valence-corrected chi connectivity index (χ1v) is 8.47. The molecule has 0 aliphatic rings. The van der Waals surface area contributed by atoms with Crippen LogP contribution in [0, 0.1) is 0 Å². The van der Waals surface area contributed by atoms with Crippen LogP contribution >= 0.6 is 23.8 Å². The molecule has 2 N–H and O–H groups in total. The van der Waals surface area contributed by atoms with E-state index in [1.165, 1.54) is 7.11 Å². The van der Waals surface area contributed by atoms with Crippen LogP contribution in [-0.4, -0.2) is 25.3 Å². The van der Waals surface area contributed by atoms with E-state index in [0.717, 1.165) is 17.7 Å². The summed E-state index contributed by atoms with van der Waals surface area (Å²) in [5.74, 6) is 1.72. The summed E-state index contributed by atoms with van der Waals surface area (Å²) in [6.07, 6.45) is 2.59. The first-order chi connectivity index (χ1) is 12.1. The van der Waals surface area contributed by atoms with Gasteiger partial charge in [0.15, 0.2) is 11.5 Å². The van der Waals surface area contributed by atoms with E-state index in [1.54, 1.807) is 12.1 Å². The number of rotatable bonds is 9. The third-order valence-corrected chi connectivity index (χ3v) is 3.95. The molecule has 0 aliphatic carbocycles. The number of ether oxygens (including phenoxy) is 3. The van der Waals surface area contributed by atoms with Gasteiger partial charge in [-0.15, -0.1) is 6.58 Å². The van der Waals surface area contributed by atoms with Crippen molar-refractivity contribution >= 4 is 28.8 Å². The first-order valence-electron chi connectivity index (χ1n) is 7.68. The summed E-state index contributed by atoms with van der Waals surface area (Å²) in [5, 5.41) is 0.384. The van der Waals surface area contributed by atoms with Crippen molar-refractivity contribution in [1.82, 2.24) is 0 Å². The van der Waals surface area contributed by atoms with Gasteiger partial charge in [0.25, 0.3) is 0 Å². The van der Waals surface area contributed by atoms with Gasteiger partial charge < -0.3 is 19.9 Å². The Morgan fingerprint density at radius 2 is 1.92 bits per heavy atom. The van der Waals surface area contributed by atoms with Crippen LogP contribution in [0.4, 0.5) is 0 Å². The Morgan fingerprint density at radius 3 is 2.60 bits per heavy atom. The Bertz CT molecular complexity index is 764. The molecule has 2 aromatic rings. The smallest absolute Gasteiger partial charge is 0.179 e. The summed E-state index contributed by atoms with van der Waals surface area (Å²) >= 11 is 11.2. The third-order valence-electron chi connectivity index (χ3n) is 3.44. The fraction of sp³-hybridized carbons (Fsp3) is 0.211. The molecule has 0 saturated heterocycles. The summed E-state index contributed by atoms with van der Waals surface area (Å²) in [4.78, 5) is 0.244. The molecule has 2 rings (SSSR count). The highest BCUT2D eigenvalue weighted by Crippen LogP contribution is 2.36. The molecule has 0 fully saturated rings. The highest BCUT2D eigenvalue weighted by molar-refractivity contribution is 7.80. The Kier molecular flexibility index (Phi) is 7.10. The monoisotopic (exact) mass is 377 g/mol. The number of halogens is 1. The van der Waals surface area contributed by atoms with Crippen LogP contribution in [0.2, 0.25) is 5.02 Å². The number of benzene rings is 2.